The van der Waals surface area contributed by atoms with E-state index in [1.165, 1.54) is 25.7 Å². The van der Waals surface area contributed by atoms with Gasteiger partial charge in [-0.05, 0) is 68.9 Å². The zero-order valence-corrected chi connectivity index (χ0v) is 17.8. The Bertz CT molecular complexity index is 1220. The highest BCUT2D eigenvalue weighted by Gasteiger charge is 2.41. The molecule has 1 aromatic carbocycles. The van der Waals surface area contributed by atoms with E-state index in [4.69, 9.17) is 0 Å². The minimum atomic E-state index is -0.966. The summed E-state index contributed by atoms with van der Waals surface area (Å²) in [5.74, 6) is -0.966. The molecule has 4 heterocycles. The predicted octanol–water partition coefficient (Wildman–Crippen LogP) is 4.61. The molecule has 6 nitrogen and oxygen atoms in total. The minimum absolute atomic E-state index is 0.0273. The Kier molecular flexibility index (Phi) is 4.73. The van der Waals surface area contributed by atoms with Gasteiger partial charge in [-0.1, -0.05) is 18.2 Å². The number of aromatic carboxylic acids is 1. The maximum absolute atomic E-state index is 13.0. The van der Waals surface area contributed by atoms with E-state index in [9.17, 15) is 14.7 Å². The van der Waals surface area contributed by atoms with Crippen molar-refractivity contribution >= 4 is 22.9 Å². The highest BCUT2D eigenvalue weighted by molar-refractivity contribution is 5.94. The molecule has 160 valence electrons. The number of carboxylic acids is 1. The van der Waals surface area contributed by atoms with Gasteiger partial charge in [-0.15, -0.1) is 0 Å². The van der Waals surface area contributed by atoms with Crippen LogP contribution in [0.3, 0.4) is 0 Å². The summed E-state index contributed by atoms with van der Waals surface area (Å²) in [5.41, 5.74) is 4.61. The third kappa shape index (κ3) is 3.36. The first-order chi connectivity index (χ1) is 14.9. The van der Waals surface area contributed by atoms with Gasteiger partial charge in [-0.25, -0.2) is 4.79 Å². The standard InChI is InChI=1S/C25H27N3O3/c1-15-10-21(16(2)26-22-9-4-3-8-20(22)25(30)31)23-12-19(13-24(29)27(23)14-15)28-17-6-5-7-18(28)11-17/h3-4,8-10,12-14,16-18,26H,5-7,11H2,1-2H3,(H,30,31)/t16-,17?,18?/m1/s1. The Morgan fingerprint density at radius 2 is 1.90 bits per heavy atom. The molecule has 0 aliphatic carbocycles. The van der Waals surface area contributed by atoms with Gasteiger partial charge in [-0.2, -0.15) is 0 Å². The smallest absolute Gasteiger partial charge is 0.337 e. The van der Waals surface area contributed by atoms with Crippen LogP contribution < -0.4 is 15.8 Å². The van der Waals surface area contributed by atoms with Gasteiger partial charge in [0.2, 0.25) is 0 Å². The number of anilines is 2. The van der Waals surface area contributed by atoms with E-state index >= 15 is 0 Å². The topological polar surface area (TPSA) is 74.0 Å². The summed E-state index contributed by atoms with van der Waals surface area (Å²) in [7, 11) is 0. The second kappa shape index (κ2) is 7.45. The summed E-state index contributed by atoms with van der Waals surface area (Å²) in [4.78, 5) is 27.1. The van der Waals surface area contributed by atoms with Crippen LogP contribution in [-0.4, -0.2) is 27.6 Å². The lowest BCUT2D eigenvalue weighted by molar-refractivity contribution is 0.0698. The number of hydrogen-bond donors (Lipinski definition) is 2. The fourth-order valence-corrected chi connectivity index (χ4v) is 5.31. The van der Waals surface area contributed by atoms with Crippen LogP contribution >= 0.6 is 0 Å². The molecule has 0 spiro atoms. The summed E-state index contributed by atoms with van der Waals surface area (Å²) in [5, 5.41) is 12.9. The molecule has 3 aromatic rings. The fraction of sp³-hybridized carbons (Fsp3) is 0.360. The molecular formula is C25H27N3O3. The molecule has 2 saturated heterocycles. The van der Waals surface area contributed by atoms with Crippen LogP contribution in [0.5, 0.6) is 0 Å². The summed E-state index contributed by atoms with van der Waals surface area (Å²) < 4.78 is 1.71. The number of piperidine rings is 1. The molecule has 2 unspecified atom stereocenters. The molecule has 31 heavy (non-hydrogen) atoms. The Morgan fingerprint density at radius 3 is 2.61 bits per heavy atom. The van der Waals surface area contributed by atoms with Gasteiger partial charge >= 0.3 is 5.97 Å². The van der Waals surface area contributed by atoms with Gasteiger partial charge in [0.1, 0.15) is 0 Å². The molecule has 2 bridgehead atoms. The van der Waals surface area contributed by atoms with Crippen molar-refractivity contribution in [2.24, 2.45) is 0 Å². The first kappa shape index (κ1) is 19.7. The van der Waals surface area contributed by atoms with E-state index in [1.807, 2.05) is 26.1 Å². The van der Waals surface area contributed by atoms with Crippen LogP contribution in [0.25, 0.3) is 5.52 Å². The third-order valence-corrected chi connectivity index (χ3v) is 6.76. The average Bonchev–Trinajstić information content (AvgIpc) is 2.74. The lowest BCUT2D eigenvalue weighted by Gasteiger charge is -2.54. The molecule has 3 atom stereocenters. The Labute approximate surface area is 181 Å². The van der Waals surface area contributed by atoms with Crippen molar-refractivity contribution in [2.75, 3.05) is 10.2 Å². The summed E-state index contributed by atoms with van der Waals surface area (Å²) in [6, 6.07) is 13.8. The maximum Gasteiger partial charge on any atom is 0.337 e. The van der Waals surface area contributed by atoms with Crippen molar-refractivity contribution in [1.29, 1.82) is 0 Å². The van der Waals surface area contributed by atoms with Gasteiger partial charge in [0.05, 0.1) is 17.1 Å². The van der Waals surface area contributed by atoms with Crippen LogP contribution in [0.15, 0.2) is 53.5 Å². The number of pyridine rings is 2. The number of para-hydroxylation sites is 1. The van der Waals surface area contributed by atoms with E-state index in [1.54, 1.807) is 28.7 Å². The molecule has 6 heteroatoms. The number of nitrogens with zero attached hydrogens (tertiary/aromatic N) is 2. The second-order valence-electron chi connectivity index (χ2n) is 8.88. The molecule has 2 aromatic heterocycles. The number of carbonyl (C=O) groups is 1. The van der Waals surface area contributed by atoms with E-state index < -0.39 is 5.97 Å². The number of aryl methyl sites for hydroxylation is 1. The lowest BCUT2D eigenvalue weighted by atomic mass is 9.79. The third-order valence-electron chi connectivity index (χ3n) is 6.76. The van der Waals surface area contributed by atoms with Crippen LogP contribution in [0.1, 0.15) is 60.1 Å². The summed E-state index contributed by atoms with van der Waals surface area (Å²) in [6.45, 7) is 3.98. The number of benzene rings is 1. The van der Waals surface area contributed by atoms with Crippen molar-refractivity contribution < 1.29 is 9.90 Å². The van der Waals surface area contributed by atoms with Gasteiger partial charge in [0, 0.05) is 35.7 Å². The molecule has 0 amide bonds. The average molecular weight is 418 g/mol. The normalized spacial score (nSPS) is 20.9. The summed E-state index contributed by atoms with van der Waals surface area (Å²) >= 11 is 0. The Morgan fingerprint density at radius 1 is 1.16 bits per heavy atom. The molecule has 0 saturated carbocycles. The van der Waals surface area contributed by atoms with Crippen LogP contribution in [0.2, 0.25) is 0 Å². The van der Waals surface area contributed by atoms with Gasteiger partial charge in [0.25, 0.3) is 5.56 Å². The number of nitrogens with one attached hydrogen (secondary N) is 1. The quantitative estimate of drug-likeness (QED) is 0.634. The fourth-order valence-electron chi connectivity index (χ4n) is 5.31. The van der Waals surface area contributed by atoms with E-state index in [0.717, 1.165) is 22.3 Å². The van der Waals surface area contributed by atoms with Crippen molar-refractivity contribution in [3.05, 3.63) is 75.7 Å². The SMILES string of the molecule is Cc1cc([C@@H](C)Nc2ccccc2C(=O)O)c2cc(N3C4CCCC3C4)cc(=O)n2c1. The van der Waals surface area contributed by atoms with Crippen LogP contribution in [-0.2, 0) is 0 Å². The Balaban J connectivity index is 1.58. The first-order valence-electron chi connectivity index (χ1n) is 11.0. The van der Waals surface area contributed by atoms with Crippen molar-refractivity contribution in [1.82, 2.24) is 4.40 Å². The lowest BCUT2D eigenvalue weighted by Crippen LogP contribution is -2.59. The molecule has 2 aliphatic rings. The van der Waals surface area contributed by atoms with Gasteiger partial charge in [0.15, 0.2) is 0 Å². The zero-order chi connectivity index (χ0) is 21.7. The molecular weight excluding hydrogens is 390 g/mol. The number of carboxylic acid groups (broad SMARTS) is 1. The van der Waals surface area contributed by atoms with E-state index in [2.05, 4.69) is 22.3 Å². The molecule has 2 aliphatic heterocycles. The molecule has 2 fully saturated rings. The number of aromatic nitrogens is 1. The Hall–Kier alpha value is -3.28. The van der Waals surface area contributed by atoms with Crippen molar-refractivity contribution in [3.8, 4) is 0 Å². The molecule has 2 N–H and O–H groups in total. The van der Waals surface area contributed by atoms with Crippen molar-refractivity contribution in [3.63, 3.8) is 0 Å². The highest BCUT2D eigenvalue weighted by atomic mass is 16.4. The van der Waals surface area contributed by atoms with E-state index in [-0.39, 0.29) is 17.2 Å². The predicted molar refractivity (Wildman–Crippen MR) is 122 cm³/mol. The highest BCUT2D eigenvalue weighted by Crippen LogP contribution is 2.42. The summed E-state index contributed by atoms with van der Waals surface area (Å²) in [6.07, 6.45) is 6.76. The number of rotatable bonds is 5. The monoisotopic (exact) mass is 417 g/mol. The van der Waals surface area contributed by atoms with E-state index in [0.29, 0.717) is 17.8 Å². The zero-order valence-electron chi connectivity index (χ0n) is 17.8. The molecule has 5 rings (SSSR count). The first-order valence-corrected chi connectivity index (χ1v) is 11.0. The number of hydrogen-bond acceptors (Lipinski definition) is 4. The van der Waals surface area contributed by atoms with Crippen LogP contribution in [0, 0.1) is 6.92 Å². The minimum Gasteiger partial charge on any atom is -0.478 e. The number of fused-ring (bicyclic) bond motifs is 3. The maximum atomic E-state index is 13.0. The van der Waals surface area contributed by atoms with Gasteiger partial charge in [-0.3, -0.25) is 9.20 Å². The second-order valence-corrected chi connectivity index (χ2v) is 8.88. The largest absolute Gasteiger partial charge is 0.478 e. The molecule has 0 radical (unpaired) electrons. The van der Waals surface area contributed by atoms with Crippen LogP contribution in [0.4, 0.5) is 11.4 Å². The van der Waals surface area contributed by atoms with Crippen molar-refractivity contribution in [2.45, 2.75) is 57.7 Å². The van der Waals surface area contributed by atoms with Gasteiger partial charge < -0.3 is 15.3 Å².